The minimum Gasteiger partial charge on any atom is -0.384 e. The molecule has 0 amide bonds. The van der Waals surface area contributed by atoms with Crippen molar-refractivity contribution in [1.29, 1.82) is 0 Å². The second kappa shape index (κ2) is 6.69. The number of rotatable bonds is 7. The van der Waals surface area contributed by atoms with Gasteiger partial charge in [0.2, 0.25) is 0 Å². The van der Waals surface area contributed by atoms with E-state index in [1.54, 1.807) is 0 Å². The quantitative estimate of drug-likeness (QED) is 0.617. The van der Waals surface area contributed by atoms with Gasteiger partial charge in [-0.15, -0.1) is 0 Å². The fraction of sp³-hybridized carbons (Fsp3) is 0.538. The minimum absolute atomic E-state index is 0.0299. The zero-order chi connectivity index (χ0) is 15.3. The van der Waals surface area contributed by atoms with Crippen LogP contribution in [0.2, 0.25) is 0 Å². The number of nitro groups is 1. The summed E-state index contributed by atoms with van der Waals surface area (Å²) >= 11 is 0. The van der Waals surface area contributed by atoms with Gasteiger partial charge in [0.25, 0.3) is 5.69 Å². The lowest BCUT2D eigenvalue weighted by Gasteiger charge is -2.16. The van der Waals surface area contributed by atoms with Crippen LogP contribution in [-0.2, 0) is 9.84 Å². The van der Waals surface area contributed by atoms with Crippen LogP contribution in [0.15, 0.2) is 23.1 Å². The molecular formula is C13H20N2O4S. The molecule has 112 valence electrons. The number of sulfone groups is 1. The van der Waals surface area contributed by atoms with Gasteiger partial charge in [0.1, 0.15) is 0 Å². The molecule has 0 unspecified atom stereocenters. The molecule has 1 aromatic carbocycles. The fourth-order valence-corrected chi connectivity index (χ4v) is 2.78. The van der Waals surface area contributed by atoms with Crippen molar-refractivity contribution in [3.05, 3.63) is 28.3 Å². The van der Waals surface area contributed by atoms with Crippen molar-refractivity contribution in [2.24, 2.45) is 5.92 Å². The van der Waals surface area contributed by atoms with Gasteiger partial charge in [-0.3, -0.25) is 10.1 Å². The van der Waals surface area contributed by atoms with E-state index in [0.717, 1.165) is 25.2 Å². The molecule has 0 saturated heterocycles. The number of nitrogens with one attached hydrogen (secondary N) is 1. The Morgan fingerprint density at radius 3 is 2.35 bits per heavy atom. The van der Waals surface area contributed by atoms with E-state index in [4.69, 9.17) is 0 Å². The first kappa shape index (κ1) is 16.4. The molecule has 0 atom stereocenters. The highest BCUT2D eigenvalue weighted by molar-refractivity contribution is 7.90. The van der Waals surface area contributed by atoms with E-state index in [0.29, 0.717) is 18.2 Å². The Bertz CT molecular complexity index is 580. The minimum atomic E-state index is -3.52. The topological polar surface area (TPSA) is 89.3 Å². The first-order valence-electron chi connectivity index (χ1n) is 6.52. The van der Waals surface area contributed by atoms with Crippen molar-refractivity contribution < 1.29 is 13.3 Å². The Hall–Kier alpha value is -1.63. The summed E-state index contributed by atoms with van der Waals surface area (Å²) in [5, 5.41) is 13.8. The van der Waals surface area contributed by atoms with Gasteiger partial charge in [-0.05, 0) is 12.0 Å². The van der Waals surface area contributed by atoms with Gasteiger partial charge in [0.05, 0.1) is 15.5 Å². The van der Waals surface area contributed by atoms with E-state index < -0.39 is 14.8 Å². The highest BCUT2D eigenvalue weighted by Gasteiger charge is 2.18. The molecule has 0 aliphatic carbocycles. The predicted octanol–water partition coefficient (Wildman–Crippen LogP) is 2.85. The molecule has 0 aliphatic heterocycles. The zero-order valence-corrected chi connectivity index (χ0v) is 12.7. The van der Waals surface area contributed by atoms with Crippen molar-refractivity contribution in [2.45, 2.75) is 31.6 Å². The first-order valence-corrected chi connectivity index (χ1v) is 8.41. The van der Waals surface area contributed by atoms with E-state index >= 15 is 0 Å². The molecule has 7 heteroatoms. The lowest BCUT2D eigenvalue weighted by atomic mass is 10.0. The largest absolute Gasteiger partial charge is 0.384 e. The van der Waals surface area contributed by atoms with E-state index in [-0.39, 0.29) is 10.6 Å². The first-order chi connectivity index (χ1) is 9.29. The molecule has 0 radical (unpaired) electrons. The van der Waals surface area contributed by atoms with Crippen LogP contribution in [0.4, 0.5) is 11.4 Å². The van der Waals surface area contributed by atoms with Gasteiger partial charge in [-0.2, -0.15) is 0 Å². The highest BCUT2D eigenvalue weighted by atomic mass is 32.2. The second-order valence-electron chi connectivity index (χ2n) is 4.77. The third-order valence-electron chi connectivity index (χ3n) is 3.31. The van der Waals surface area contributed by atoms with E-state index in [9.17, 15) is 18.5 Å². The van der Waals surface area contributed by atoms with Gasteiger partial charge in [0.15, 0.2) is 9.84 Å². The van der Waals surface area contributed by atoms with Crippen molar-refractivity contribution in [3.8, 4) is 0 Å². The van der Waals surface area contributed by atoms with Gasteiger partial charge < -0.3 is 5.32 Å². The Labute approximate surface area is 119 Å². The Balaban J connectivity index is 3.10. The number of nitrogens with zero attached hydrogens (tertiary/aromatic N) is 1. The average Bonchev–Trinajstić information content (AvgIpc) is 2.38. The van der Waals surface area contributed by atoms with Crippen molar-refractivity contribution in [1.82, 2.24) is 0 Å². The maximum atomic E-state index is 11.7. The smallest absolute Gasteiger partial charge is 0.270 e. The molecule has 0 aromatic heterocycles. The number of hydrogen-bond acceptors (Lipinski definition) is 5. The molecule has 0 heterocycles. The molecule has 1 aromatic rings. The SMILES string of the molecule is CCC(CC)CNc1ccc([N+](=O)[O-])cc1S(C)(=O)=O. The molecule has 0 saturated carbocycles. The average molecular weight is 300 g/mol. The molecule has 0 aliphatic rings. The molecule has 6 nitrogen and oxygen atoms in total. The molecule has 1 N–H and O–H groups in total. The number of nitro benzene ring substituents is 1. The molecule has 0 fully saturated rings. The van der Waals surface area contributed by atoms with Crippen LogP contribution >= 0.6 is 0 Å². The zero-order valence-electron chi connectivity index (χ0n) is 11.9. The van der Waals surface area contributed by atoms with Crippen LogP contribution in [0.1, 0.15) is 26.7 Å². The van der Waals surface area contributed by atoms with Crippen LogP contribution in [0.5, 0.6) is 0 Å². The van der Waals surface area contributed by atoms with E-state index in [2.05, 4.69) is 19.2 Å². The number of benzene rings is 1. The van der Waals surface area contributed by atoms with Gasteiger partial charge in [0, 0.05) is 24.9 Å². The molecule has 0 spiro atoms. The van der Waals surface area contributed by atoms with Crippen LogP contribution in [0, 0.1) is 16.0 Å². The summed E-state index contributed by atoms with van der Waals surface area (Å²) in [5.74, 6) is 0.442. The number of anilines is 1. The van der Waals surface area contributed by atoms with Crippen LogP contribution in [-0.4, -0.2) is 26.1 Å². The predicted molar refractivity (Wildman–Crippen MR) is 78.8 cm³/mol. The number of hydrogen-bond donors (Lipinski definition) is 1. The van der Waals surface area contributed by atoms with Gasteiger partial charge in [-0.1, -0.05) is 26.7 Å². The maximum Gasteiger partial charge on any atom is 0.270 e. The summed E-state index contributed by atoms with van der Waals surface area (Å²) in [6.45, 7) is 4.79. The summed E-state index contributed by atoms with van der Waals surface area (Å²) in [7, 11) is -3.52. The Kier molecular flexibility index (Phi) is 5.50. The number of non-ortho nitro benzene ring substituents is 1. The summed E-state index contributed by atoms with van der Waals surface area (Å²) in [6, 6.07) is 3.87. The van der Waals surface area contributed by atoms with Crippen molar-refractivity contribution in [3.63, 3.8) is 0 Å². The molecule has 1 rings (SSSR count). The van der Waals surface area contributed by atoms with Crippen LogP contribution in [0.3, 0.4) is 0 Å². The lowest BCUT2D eigenvalue weighted by molar-refractivity contribution is -0.385. The van der Waals surface area contributed by atoms with Crippen LogP contribution < -0.4 is 5.32 Å². The van der Waals surface area contributed by atoms with E-state index in [1.807, 2.05) is 0 Å². The van der Waals surface area contributed by atoms with Crippen LogP contribution in [0.25, 0.3) is 0 Å². The van der Waals surface area contributed by atoms with Gasteiger partial charge in [-0.25, -0.2) is 8.42 Å². The lowest BCUT2D eigenvalue weighted by Crippen LogP contribution is -2.15. The normalized spacial score (nSPS) is 11.6. The third kappa shape index (κ3) is 4.19. The Morgan fingerprint density at radius 1 is 1.30 bits per heavy atom. The monoisotopic (exact) mass is 300 g/mol. The highest BCUT2D eigenvalue weighted by Crippen LogP contribution is 2.26. The molecule has 20 heavy (non-hydrogen) atoms. The van der Waals surface area contributed by atoms with Crippen molar-refractivity contribution >= 4 is 21.2 Å². The maximum absolute atomic E-state index is 11.7. The summed E-state index contributed by atoms with van der Waals surface area (Å²) in [4.78, 5) is 10.1. The van der Waals surface area contributed by atoms with Gasteiger partial charge >= 0.3 is 0 Å². The van der Waals surface area contributed by atoms with Crippen molar-refractivity contribution in [2.75, 3.05) is 18.1 Å². The summed E-state index contributed by atoms with van der Waals surface area (Å²) in [6.07, 6.45) is 3.03. The standard InChI is InChI=1S/C13H20N2O4S/c1-4-10(5-2)9-14-12-7-6-11(15(16)17)8-13(12)20(3,18)19/h6-8,10,14H,4-5,9H2,1-3H3. The summed E-state index contributed by atoms with van der Waals surface area (Å²) < 4.78 is 23.5. The fourth-order valence-electron chi connectivity index (χ4n) is 1.91. The van der Waals surface area contributed by atoms with E-state index in [1.165, 1.54) is 12.1 Å². The molecule has 0 bridgehead atoms. The summed E-state index contributed by atoms with van der Waals surface area (Å²) in [5.41, 5.74) is 0.198. The second-order valence-corrected chi connectivity index (χ2v) is 6.76. The Morgan fingerprint density at radius 2 is 1.90 bits per heavy atom. The third-order valence-corrected chi connectivity index (χ3v) is 4.45. The molecular weight excluding hydrogens is 280 g/mol.